The van der Waals surface area contributed by atoms with Gasteiger partial charge in [-0.1, -0.05) is 12.1 Å². The van der Waals surface area contributed by atoms with Crippen molar-refractivity contribution < 1.29 is 8.83 Å². The van der Waals surface area contributed by atoms with E-state index in [2.05, 4.69) is 0 Å². The molecule has 0 fully saturated rings. The van der Waals surface area contributed by atoms with Crippen molar-refractivity contribution in [1.29, 1.82) is 0 Å². The maximum atomic E-state index is 6.02. The van der Waals surface area contributed by atoms with E-state index in [0.29, 0.717) is 28.3 Å². The SMILES string of the molecule is Nc1cccc2oc3oc4cccc(N)c4c3c12. The Morgan fingerprint density at radius 2 is 1.17 bits per heavy atom. The van der Waals surface area contributed by atoms with Gasteiger partial charge in [0.2, 0.25) is 0 Å². The van der Waals surface area contributed by atoms with Gasteiger partial charge in [0.1, 0.15) is 11.2 Å². The Kier molecular flexibility index (Phi) is 1.56. The van der Waals surface area contributed by atoms with Gasteiger partial charge in [0, 0.05) is 11.4 Å². The molecule has 0 radical (unpaired) electrons. The average Bonchev–Trinajstić information content (AvgIpc) is 2.84. The molecular weight excluding hydrogens is 228 g/mol. The minimum absolute atomic E-state index is 0.468. The van der Waals surface area contributed by atoms with Crippen molar-refractivity contribution in [2.75, 3.05) is 11.5 Å². The molecule has 18 heavy (non-hydrogen) atoms. The summed E-state index contributed by atoms with van der Waals surface area (Å²) in [5.41, 5.74) is 14.8. The third-order valence-electron chi connectivity index (χ3n) is 3.23. The van der Waals surface area contributed by atoms with Crippen LogP contribution in [0.1, 0.15) is 0 Å². The minimum atomic E-state index is 0.468. The molecule has 0 aliphatic carbocycles. The number of hydrogen-bond acceptors (Lipinski definition) is 4. The van der Waals surface area contributed by atoms with Gasteiger partial charge in [-0.25, -0.2) is 0 Å². The van der Waals surface area contributed by atoms with Gasteiger partial charge in [-0.2, -0.15) is 0 Å². The molecule has 4 aromatic rings. The van der Waals surface area contributed by atoms with Crippen molar-refractivity contribution in [3.05, 3.63) is 36.4 Å². The number of fused-ring (bicyclic) bond motifs is 5. The lowest BCUT2D eigenvalue weighted by Gasteiger charge is -1.97. The van der Waals surface area contributed by atoms with E-state index in [-0.39, 0.29) is 0 Å². The Labute approximate surface area is 102 Å². The van der Waals surface area contributed by atoms with Crippen LogP contribution in [0.3, 0.4) is 0 Å². The number of nitrogens with two attached hydrogens (primary N) is 2. The molecule has 0 saturated carbocycles. The number of benzene rings is 2. The van der Waals surface area contributed by atoms with Crippen molar-refractivity contribution in [3.63, 3.8) is 0 Å². The summed E-state index contributed by atoms with van der Waals surface area (Å²) in [5, 5.41) is 2.59. The van der Waals surface area contributed by atoms with E-state index in [1.807, 2.05) is 36.4 Å². The second-order valence-electron chi connectivity index (χ2n) is 4.31. The predicted molar refractivity (Wildman–Crippen MR) is 72.3 cm³/mol. The van der Waals surface area contributed by atoms with Gasteiger partial charge in [0.05, 0.1) is 16.2 Å². The zero-order chi connectivity index (χ0) is 12.3. The standard InChI is InChI=1S/C14H10N2O2/c15-7-3-1-5-9-11(7)13-12-8(16)4-2-6-10(12)18-14(13)17-9/h1-6H,15-16H2. The third-order valence-corrected chi connectivity index (χ3v) is 3.23. The number of anilines is 2. The lowest BCUT2D eigenvalue weighted by atomic mass is 10.1. The Morgan fingerprint density at radius 1 is 0.667 bits per heavy atom. The first-order chi connectivity index (χ1) is 8.75. The van der Waals surface area contributed by atoms with Crippen LogP contribution in [0.5, 0.6) is 0 Å². The van der Waals surface area contributed by atoms with Crippen LogP contribution in [0, 0.1) is 0 Å². The highest BCUT2D eigenvalue weighted by Crippen LogP contribution is 2.41. The summed E-state index contributed by atoms with van der Waals surface area (Å²) in [6.45, 7) is 0. The molecule has 88 valence electrons. The highest BCUT2D eigenvalue weighted by molar-refractivity contribution is 6.23. The van der Waals surface area contributed by atoms with Crippen LogP contribution in [0.2, 0.25) is 0 Å². The highest BCUT2D eigenvalue weighted by Gasteiger charge is 2.18. The van der Waals surface area contributed by atoms with Crippen LogP contribution in [-0.4, -0.2) is 0 Å². The molecule has 0 unspecified atom stereocenters. The average molecular weight is 238 g/mol. The highest BCUT2D eigenvalue weighted by atomic mass is 16.5. The quantitative estimate of drug-likeness (QED) is 0.459. The summed E-state index contributed by atoms with van der Waals surface area (Å²) in [5.74, 6) is 0.468. The molecule has 0 saturated heterocycles. The smallest absolute Gasteiger partial charge is 0.299 e. The molecule has 4 nitrogen and oxygen atoms in total. The molecular formula is C14H10N2O2. The van der Waals surface area contributed by atoms with E-state index in [4.69, 9.17) is 20.3 Å². The summed E-state index contributed by atoms with van der Waals surface area (Å²) in [6, 6.07) is 11.1. The van der Waals surface area contributed by atoms with Crippen molar-refractivity contribution in [2.24, 2.45) is 0 Å². The second kappa shape index (κ2) is 2.98. The van der Waals surface area contributed by atoms with Gasteiger partial charge >= 0.3 is 0 Å². The summed E-state index contributed by atoms with van der Waals surface area (Å²) in [7, 11) is 0. The van der Waals surface area contributed by atoms with Crippen LogP contribution in [-0.2, 0) is 0 Å². The molecule has 2 heterocycles. The fourth-order valence-corrected chi connectivity index (χ4v) is 2.45. The lowest BCUT2D eigenvalue weighted by Crippen LogP contribution is -1.86. The number of rotatable bonds is 0. The van der Waals surface area contributed by atoms with Crippen molar-refractivity contribution in [1.82, 2.24) is 0 Å². The normalized spacial score (nSPS) is 11.8. The molecule has 0 aliphatic heterocycles. The van der Waals surface area contributed by atoms with Crippen LogP contribution < -0.4 is 11.5 Å². The fourth-order valence-electron chi connectivity index (χ4n) is 2.45. The summed E-state index contributed by atoms with van der Waals surface area (Å²) >= 11 is 0. The number of furan rings is 2. The van der Waals surface area contributed by atoms with E-state index >= 15 is 0 Å². The first-order valence-electron chi connectivity index (χ1n) is 5.63. The Bertz CT molecular complexity index is 831. The minimum Gasteiger partial charge on any atom is -0.425 e. The molecule has 0 amide bonds. The zero-order valence-corrected chi connectivity index (χ0v) is 9.44. The van der Waals surface area contributed by atoms with Crippen LogP contribution in [0.15, 0.2) is 45.2 Å². The van der Waals surface area contributed by atoms with Crippen molar-refractivity contribution in [3.8, 4) is 0 Å². The van der Waals surface area contributed by atoms with Gasteiger partial charge in [0.25, 0.3) is 5.78 Å². The van der Waals surface area contributed by atoms with Crippen LogP contribution in [0.4, 0.5) is 11.4 Å². The molecule has 4 heteroatoms. The topological polar surface area (TPSA) is 78.3 Å². The van der Waals surface area contributed by atoms with Crippen LogP contribution in [0.25, 0.3) is 33.1 Å². The van der Waals surface area contributed by atoms with Crippen molar-refractivity contribution in [2.45, 2.75) is 0 Å². The monoisotopic (exact) mass is 238 g/mol. The summed E-state index contributed by atoms with van der Waals surface area (Å²) < 4.78 is 11.3. The Hall–Kier alpha value is -2.62. The first-order valence-corrected chi connectivity index (χ1v) is 5.63. The number of hydrogen-bond donors (Lipinski definition) is 2. The summed E-state index contributed by atoms with van der Waals surface area (Å²) in [4.78, 5) is 0. The fraction of sp³-hybridized carbons (Fsp3) is 0. The Morgan fingerprint density at radius 3 is 1.67 bits per heavy atom. The van der Waals surface area contributed by atoms with E-state index in [1.54, 1.807) is 0 Å². The summed E-state index contributed by atoms with van der Waals surface area (Å²) in [6.07, 6.45) is 0. The third kappa shape index (κ3) is 0.996. The first kappa shape index (κ1) is 9.41. The molecule has 0 spiro atoms. The predicted octanol–water partition coefficient (Wildman–Crippen LogP) is 3.50. The van der Waals surface area contributed by atoms with Gasteiger partial charge in [-0.15, -0.1) is 0 Å². The largest absolute Gasteiger partial charge is 0.425 e. The van der Waals surface area contributed by atoms with E-state index in [9.17, 15) is 0 Å². The molecule has 0 atom stereocenters. The molecule has 4 N–H and O–H groups in total. The zero-order valence-electron chi connectivity index (χ0n) is 9.44. The lowest BCUT2D eigenvalue weighted by molar-refractivity contribution is 0.524. The van der Waals surface area contributed by atoms with Crippen LogP contribution >= 0.6 is 0 Å². The molecule has 0 aliphatic rings. The second-order valence-corrected chi connectivity index (χ2v) is 4.31. The van der Waals surface area contributed by atoms with Gasteiger partial charge in [-0.05, 0) is 24.3 Å². The van der Waals surface area contributed by atoms with E-state index in [0.717, 1.165) is 16.2 Å². The molecule has 4 rings (SSSR count). The van der Waals surface area contributed by atoms with E-state index < -0.39 is 0 Å². The number of nitrogen functional groups attached to an aromatic ring is 2. The van der Waals surface area contributed by atoms with Crippen molar-refractivity contribution >= 4 is 44.5 Å². The van der Waals surface area contributed by atoms with Gasteiger partial charge < -0.3 is 20.3 Å². The van der Waals surface area contributed by atoms with E-state index in [1.165, 1.54) is 0 Å². The molecule has 0 bridgehead atoms. The Balaban J connectivity index is 2.40. The van der Waals surface area contributed by atoms with Gasteiger partial charge in [-0.3, -0.25) is 0 Å². The van der Waals surface area contributed by atoms with Gasteiger partial charge in [0.15, 0.2) is 0 Å². The maximum absolute atomic E-state index is 6.02. The molecule has 2 aromatic carbocycles. The maximum Gasteiger partial charge on any atom is 0.299 e. The molecule has 2 aromatic heterocycles.